The van der Waals surface area contributed by atoms with Crippen LogP contribution in [0.5, 0.6) is 0 Å². The van der Waals surface area contributed by atoms with Gasteiger partial charge in [0.05, 0.1) is 18.2 Å². The molecule has 5 nitrogen and oxygen atoms in total. The summed E-state index contributed by atoms with van der Waals surface area (Å²) in [4.78, 5) is 6.41. The van der Waals surface area contributed by atoms with Crippen molar-refractivity contribution in [3.8, 4) is 11.4 Å². The zero-order valence-corrected chi connectivity index (χ0v) is 19.9. The van der Waals surface area contributed by atoms with Crippen LogP contribution in [-0.4, -0.2) is 20.2 Å². The van der Waals surface area contributed by atoms with Crippen LogP contribution < -0.4 is 5.32 Å². The predicted molar refractivity (Wildman–Crippen MR) is 134 cm³/mol. The number of nitrogens with zero attached hydrogens (tertiary/aromatic N) is 3. The maximum absolute atomic E-state index is 14.4. The molecule has 8 heteroatoms. The first-order chi connectivity index (χ1) is 16.9. The molecule has 2 heterocycles. The van der Waals surface area contributed by atoms with Gasteiger partial charge in [-0.1, -0.05) is 65.3 Å². The summed E-state index contributed by atoms with van der Waals surface area (Å²) in [7, 11) is 0. The van der Waals surface area contributed by atoms with Crippen LogP contribution in [0.4, 0.5) is 8.78 Å². The molecule has 0 fully saturated rings. The average Bonchev–Trinajstić information content (AvgIpc) is 3.33. The Hall–Kier alpha value is -3.91. The third-order valence-corrected chi connectivity index (χ3v) is 6.37. The summed E-state index contributed by atoms with van der Waals surface area (Å²) in [5, 5.41) is 7.93. The smallest absolute Gasteiger partial charge is 0.258 e. The first kappa shape index (κ1) is 22.9. The normalized spacial score (nSPS) is 15.9. The first-order valence-corrected chi connectivity index (χ1v) is 11.5. The highest BCUT2D eigenvalue weighted by atomic mass is 32.1. The van der Waals surface area contributed by atoms with Crippen LogP contribution in [0.2, 0.25) is 0 Å². The molecular formula is C27H22F2N4OS. The van der Waals surface area contributed by atoms with Gasteiger partial charge >= 0.3 is 0 Å². The van der Waals surface area contributed by atoms with Crippen molar-refractivity contribution in [3.05, 3.63) is 113 Å². The number of allylic oxidation sites excluding steroid dienone is 1. The Kier molecular flexibility index (Phi) is 6.13. The van der Waals surface area contributed by atoms with Gasteiger partial charge in [-0.3, -0.25) is 0 Å². The van der Waals surface area contributed by atoms with Crippen molar-refractivity contribution in [3.63, 3.8) is 0 Å². The molecule has 0 saturated heterocycles. The Bertz CT molecular complexity index is 1430. The second-order valence-corrected chi connectivity index (χ2v) is 8.79. The summed E-state index contributed by atoms with van der Waals surface area (Å²) in [6.07, 6.45) is 0. The first-order valence-electron chi connectivity index (χ1n) is 11.1. The van der Waals surface area contributed by atoms with Crippen molar-refractivity contribution in [2.75, 3.05) is 0 Å². The lowest BCUT2D eigenvalue weighted by Gasteiger charge is -2.37. The van der Waals surface area contributed by atoms with Crippen molar-refractivity contribution >= 4 is 22.9 Å². The van der Waals surface area contributed by atoms with E-state index in [0.29, 0.717) is 21.8 Å². The Labute approximate surface area is 207 Å². The van der Waals surface area contributed by atoms with Gasteiger partial charge in [-0.15, -0.1) is 0 Å². The zero-order chi connectivity index (χ0) is 24.5. The third kappa shape index (κ3) is 4.57. The monoisotopic (exact) mass is 488 g/mol. The van der Waals surface area contributed by atoms with Crippen LogP contribution in [0.3, 0.4) is 0 Å². The van der Waals surface area contributed by atoms with Crippen LogP contribution in [0.25, 0.3) is 17.0 Å². The van der Waals surface area contributed by atoms with Crippen LogP contribution in [0.15, 0.2) is 83.0 Å². The average molecular weight is 489 g/mol. The molecule has 0 saturated carbocycles. The Balaban J connectivity index is 1.61. The van der Waals surface area contributed by atoms with Gasteiger partial charge in [-0.25, -0.2) is 8.78 Å². The van der Waals surface area contributed by atoms with E-state index >= 15 is 0 Å². The summed E-state index contributed by atoms with van der Waals surface area (Å²) in [5.41, 5.74) is 4.58. The quantitative estimate of drug-likeness (QED) is 0.338. The van der Waals surface area contributed by atoms with E-state index in [-0.39, 0.29) is 35.9 Å². The van der Waals surface area contributed by atoms with Gasteiger partial charge in [0.1, 0.15) is 11.6 Å². The van der Waals surface area contributed by atoms with E-state index in [9.17, 15) is 8.78 Å². The van der Waals surface area contributed by atoms with Crippen molar-refractivity contribution in [2.45, 2.75) is 26.4 Å². The van der Waals surface area contributed by atoms with E-state index < -0.39 is 0 Å². The second kappa shape index (κ2) is 9.38. The molecule has 0 spiro atoms. The molecule has 1 aliphatic rings. The van der Waals surface area contributed by atoms with Crippen molar-refractivity contribution < 1.29 is 13.3 Å². The molecule has 0 bridgehead atoms. The molecule has 1 unspecified atom stereocenters. The Morgan fingerprint density at radius 3 is 2.51 bits per heavy atom. The van der Waals surface area contributed by atoms with Crippen LogP contribution >= 0.6 is 12.2 Å². The summed E-state index contributed by atoms with van der Waals surface area (Å²) < 4.78 is 33.9. The van der Waals surface area contributed by atoms with Gasteiger partial charge in [0.15, 0.2) is 5.11 Å². The van der Waals surface area contributed by atoms with Crippen LogP contribution in [0.1, 0.15) is 35.5 Å². The number of aryl methyl sites for hydroxylation is 1. The fourth-order valence-electron chi connectivity index (χ4n) is 4.13. The zero-order valence-electron chi connectivity index (χ0n) is 19.1. The van der Waals surface area contributed by atoms with Crippen molar-refractivity contribution in [2.24, 2.45) is 0 Å². The molecule has 1 aromatic heterocycles. The maximum Gasteiger partial charge on any atom is 0.258 e. The number of rotatable bonds is 5. The molecule has 5 rings (SSSR count). The summed E-state index contributed by atoms with van der Waals surface area (Å²) >= 11 is 5.70. The number of hydrogen-bond donors (Lipinski definition) is 1. The minimum absolute atomic E-state index is 0.235. The van der Waals surface area contributed by atoms with Gasteiger partial charge in [0.25, 0.3) is 5.89 Å². The number of thiocarbonyl (C=S) groups is 1. The van der Waals surface area contributed by atoms with Crippen LogP contribution in [-0.2, 0) is 6.54 Å². The lowest BCUT2D eigenvalue weighted by Crippen LogP contribution is -2.45. The Morgan fingerprint density at radius 2 is 1.77 bits per heavy atom. The molecule has 35 heavy (non-hydrogen) atoms. The number of benzene rings is 3. The van der Waals surface area contributed by atoms with Crippen molar-refractivity contribution in [1.29, 1.82) is 0 Å². The van der Waals surface area contributed by atoms with E-state index in [1.807, 2.05) is 43.0 Å². The van der Waals surface area contributed by atoms with Gasteiger partial charge in [-0.2, -0.15) is 4.98 Å². The predicted octanol–water partition coefficient (Wildman–Crippen LogP) is 6.19. The summed E-state index contributed by atoms with van der Waals surface area (Å²) in [5.74, 6) is -0.142. The standard InChI is InChI=1S/C27H22F2N4OS/c1-16-10-12-18(13-11-16)24-23(26-31-25(32-34-26)19-7-5-8-21(28)14-19)17(2)33(27(35)30-24)15-20-6-3-4-9-22(20)29/h3-14,24H,15H2,1-2H3,(H,30,35). The van der Waals surface area contributed by atoms with E-state index in [0.717, 1.165) is 16.8 Å². The number of aromatic nitrogens is 2. The van der Waals surface area contributed by atoms with E-state index in [4.69, 9.17) is 16.7 Å². The molecule has 1 atom stereocenters. The van der Waals surface area contributed by atoms with Gasteiger partial charge in [0, 0.05) is 16.8 Å². The number of hydrogen-bond acceptors (Lipinski definition) is 4. The molecule has 1 aliphatic heterocycles. The Morgan fingerprint density at radius 1 is 1.00 bits per heavy atom. The highest BCUT2D eigenvalue weighted by Gasteiger charge is 2.34. The fourth-order valence-corrected chi connectivity index (χ4v) is 4.45. The topological polar surface area (TPSA) is 54.2 Å². The van der Waals surface area contributed by atoms with Gasteiger partial charge in [-0.05, 0) is 49.8 Å². The molecule has 4 aromatic rings. The van der Waals surface area contributed by atoms with Gasteiger partial charge in [0.2, 0.25) is 5.82 Å². The fraction of sp³-hybridized carbons (Fsp3) is 0.148. The van der Waals surface area contributed by atoms with E-state index in [1.165, 1.54) is 18.2 Å². The lowest BCUT2D eigenvalue weighted by molar-refractivity contribution is 0.395. The van der Waals surface area contributed by atoms with Gasteiger partial charge < -0.3 is 14.7 Å². The third-order valence-electron chi connectivity index (χ3n) is 6.03. The molecule has 0 amide bonds. The number of nitrogens with one attached hydrogen (secondary N) is 1. The minimum atomic E-state index is -0.387. The highest BCUT2D eigenvalue weighted by Crippen LogP contribution is 2.38. The number of halogens is 2. The van der Waals surface area contributed by atoms with Crippen LogP contribution in [0, 0.1) is 18.6 Å². The molecule has 3 aromatic carbocycles. The van der Waals surface area contributed by atoms with E-state index in [2.05, 4.69) is 15.5 Å². The second-order valence-electron chi connectivity index (χ2n) is 8.40. The molecule has 176 valence electrons. The molecule has 0 aliphatic carbocycles. The summed E-state index contributed by atoms with van der Waals surface area (Å²) in [6.45, 7) is 4.15. The largest absolute Gasteiger partial charge is 0.351 e. The lowest BCUT2D eigenvalue weighted by atomic mass is 9.94. The molecular weight excluding hydrogens is 466 g/mol. The van der Waals surface area contributed by atoms with Crippen molar-refractivity contribution in [1.82, 2.24) is 20.4 Å². The summed E-state index contributed by atoms with van der Waals surface area (Å²) in [6, 6.07) is 20.3. The minimum Gasteiger partial charge on any atom is -0.351 e. The SMILES string of the molecule is CC1=C(c2nc(-c3cccc(F)c3)no2)C(c2ccc(C)cc2)NC(=S)N1Cc1ccccc1F. The molecule has 0 radical (unpaired) electrons. The van der Waals surface area contributed by atoms with E-state index in [1.54, 1.807) is 30.3 Å². The maximum atomic E-state index is 14.4. The molecule has 1 N–H and O–H groups in total. The highest BCUT2D eigenvalue weighted by molar-refractivity contribution is 7.80.